The van der Waals surface area contributed by atoms with Crippen molar-refractivity contribution >= 4 is 23.4 Å². The van der Waals surface area contributed by atoms with Crippen LogP contribution in [0.25, 0.3) is 0 Å². The average Bonchev–Trinajstić information content (AvgIpc) is 3.45. The average molecular weight is 453 g/mol. The second kappa shape index (κ2) is 8.14. The molecule has 4 rings (SSSR count). The third-order valence-corrected chi connectivity index (χ3v) is 7.32. The first-order valence-electron chi connectivity index (χ1n) is 11.6. The van der Waals surface area contributed by atoms with Crippen molar-refractivity contribution in [1.82, 2.24) is 9.80 Å². The van der Waals surface area contributed by atoms with Crippen LogP contribution in [0.15, 0.2) is 24.3 Å². The van der Waals surface area contributed by atoms with Crippen molar-refractivity contribution in [2.24, 2.45) is 11.3 Å². The first-order chi connectivity index (χ1) is 15.5. The molecule has 2 fully saturated rings. The van der Waals surface area contributed by atoms with Gasteiger partial charge < -0.3 is 20.2 Å². The fourth-order valence-electron chi connectivity index (χ4n) is 4.99. The second-order valence-electron chi connectivity index (χ2n) is 10.8. The summed E-state index contributed by atoms with van der Waals surface area (Å²) in [5, 5.41) is 23.3. The van der Waals surface area contributed by atoms with Crippen LogP contribution in [-0.2, 0) is 19.8 Å². The molecular formula is C25H32N4O4. The summed E-state index contributed by atoms with van der Waals surface area (Å²) in [7, 11) is 1.55. The highest BCUT2D eigenvalue weighted by molar-refractivity contribution is 6.07. The molecule has 1 aromatic carbocycles. The van der Waals surface area contributed by atoms with Crippen LogP contribution in [0.2, 0.25) is 0 Å². The number of likely N-dealkylation sites (tertiary alicyclic amines) is 1. The third-order valence-electron chi connectivity index (χ3n) is 7.32. The molecule has 8 nitrogen and oxygen atoms in total. The quantitative estimate of drug-likeness (QED) is 0.710. The zero-order valence-electron chi connectivity index (χ0n) is 19.7. The summed E-state index contributed by atoms with van der Waals surface area (Å²) < 4.78 is 0. The van der Waals surface area contributed by atoms with Crippen LogP contribution in [0.1, 0.15) is 52.0 Å². The number of carbonyl (C=O) groups is 3. The van der Waals surface area contributed by atoms with Gasteiger partial charge in [-0.15, -0.1) is 0 Å². The number of nitrogens with zero attached hydrogens (tertiary/aromatic N) is 3. The van der Waals surface area contributed by atoms with E-state index >= 15 is 0 Å². The first-order valence-corrected chi connectivity index (χ1v) is 11.6. The Morgan fingerprint density at radius 1 is 1.33 bits per heavy atom. The number of aliphatic hydroxyl groups is 1. The minimum atomic E-state index is -1.25. The first kappa shape index (κ1) is 23.2. The summed E-state index contributed by atoms with van der Waals surface area (Å²) in [5.41, 5.74) is -0.123. The fraction of sp³-hybridized carbons (Fsp3) is 0.600. The number of nitrogens with one attached hydrogen (secondary N) is 1. The Morgan fingerprint density at radius 3 is 2.61 bits per heavy atom. The number of aliphatic hydroxyl groups excluding tert-OH is 1. The van der Waals surface area contributed by atoms with Gasteiger partial charge in [-0.25, -0.2) is 0 Å². The van der Waals surface area contributed by atoms with Crippen LogP contribution in [-0.4, -0.2) is 64.4 Å². The SMILES string of the molecule is CN(C(=O)[C@H](O)C(C)(C)C)[C@@H](CC1CC1)C(=O)N1C[C@]2(C[C@H]1C#N)C(=O)Nc1ccccc12. The molecule has 0 aromatic heterocycles. The van der Waals surface area contributed by atoms with E-state index < -0.39 is 34.9 Å². The highest BCUT2D eigenvalue weighted by Crippen LogP contribution is 2.47. The lowest BCUT2D eigenvalue weighted by molar-refractivity contribution is -0.153. The lowest BCUT2D eigenvalue weighted by Crippen LogP contribution is -2.55. The molecule has 1 aromatic rings. The Balaban J connectivity index is 1.63. The Kier molecular flexibility index (Phi) is 5.73. The minimum Gasteiger partial charge on any atom is -0.383 e. The van der Waals surface area contributed by atoms with Crippen LogP contribution in [0.5, 0.6) is 0 Å². The number of hydrogen-bond donors (Lipinski definition) is 2. The van der Waals surface area contributed by atoms with Crippen molar-refractivity contribution < 1.29 is 19.5 Å². The number of nitriles is 1. The lowest BCUT2D eigenvalue weighted by atomic mass is 9.80. The number of fused-ring (bicyclic) bond motifs is 2. The number of benzene rings is 1. The molecule has 1 spiro atoms. The molecular weight excluding hydrogens is 420 g/mol. The molecule has 1 aliphatic carbocycles. The van der Waals surface area contributed by atoms with Crippen LogP contribution >= 0.6 is 0 Å². The van der Waals surface area contributed by atoms with Gasteiger partial charge in [0.2, 0.25) is 11.8 Å². The molecule has 8 heteroatoms. The van der Waals surface area contributed by atoms with E-state index in [0.29, 0.717) is 18.0 Å². The Morgan fingerprint density at radius 2 is 2.00 bits per heavy atom. The van der Waals surface area contributed by atoms with Gasteiger partial charge in [0.1, 0.15) is 18.2 Å². The summed E-state index contributed by atoms with van der Waals surface area (Å²) in [4.78, 5) is 42.7. The molecule has 2 aliphatic heterocycles. The van der Waals surface area contributed by atoms with Crippen molar-refractivity contribution in [3.63, 3.8) is 0 Å². The molecule has 0 unspecified atom stereocenters. The minimum absolute atomic E-state index is 0.0952. The van der Waals surface area contributed by atoms with Crippen LogP contribution in [0, 0.1) is 22.7 Å². The van der Waals surface area contributed by atoms with Gasteiger partial charge in [0, 0.05) is 25.7 Å². The van der Waals surface area contributed by atoms with Crippen molar-refractivity contribution in [2.45, 2.75) is 70.1 Å². The van der Waals surface area contributed by atoms with E-state index in [2.05, 4.69) is 11.4 Å². The van der Waals surface area contributed by atoms with Gasteiger partial charge in [0.15, 0.2) is 0 Å². The summed E-state index contributed by atoms with van der Waals surface area (Å²) in [5.74, 6) is -0.702. The monoisotopic (exact) mass is 452 g/mol. The lowest BCUT2D eigenvalue weighted by Gasteiger charge is -2.35. The number of amides is 3. The summed E-state index contributed by atoms with van der Waals surface area (Å²) in [6, 6.07) is 8.03. The summed E-state index contributed by atoms with van der Waals surface area (Å²) >= 11 is 0. The normalized spacial score (nSPS) is 25.9. The van der Waals surface area contributed by atoms with Crippen molar-refractivity contribution in [2.75, 3.05) is 18.9 Å². The molecule has 0 radical (unpaired) electrons. The summed E-state index contributed by atoms with van der Waals surface area (Å²) in [6.45, 7) is 5.41. The van der Waals surface area contributed by atoms with Gasteiger partial charge in [0.25, 0.3) is 5.91 Å². The van der Waals surface area contributed by atoms with Crippen molar-refractivity contribution in [3.05, 3.63) is 29.8 Å². The predicted octanol–water partition coefficient (Wildman–Crippen LogP) is 2.04. The van der Waals surface area contributed by atoms with Crippen LogP contribution in [0.3, 0.4) is 0 Å². The molecule has 4 atom stereocenters. The van der Waals surface area contributed by atoms with Crippen LogP contribution < -0.4 is 5.32 Å². The molecule has 3 amide bonds. The highest BCUT2D eigenvalue weighted by atomic mass is 16.3. The molecule has 1 saturated heterocycles. The second-order valence-corrected chi connectivity index (χ2v) is 10.8. The molecule has 2 N–H and O–H groups in total. The van der Waals surface area contributed by atoms with Gasteiger partial charge >= 0.3 is 0 Å². The van der Waals surface area contributed by atoms with Crippen molar-refractivity contribution in [1.29, 1.82) is 5.26 Å². The smallest absolute Gasteiger partial charge is 0.252 e. The van der Waals surface area contributed by atoms with Gasteiger partial charge in [-0.05, 0) is 29.4 Å². The molecule has 1 saturated carbocycles. The number of anilines is 1. The van der Waals surface area contributed by atoms with Crippen molar-refractivity contribution in [3.8, 4) is 6.07 Å². The molecule has 33 heavy (non-hydrogen) atoms. The van der Waals surface area contributed by atoms with Gasteiger partial charge in [-0.3, -0.25) is 14.4 Å². The van der Waals surface area contributed by atoms with E-state index in [4.69, 9.17) is 0 Å². The molecule has 0 bridgehead atoms. The molecule has 3 aliphatic rings. The third kappa shape index (κ3) is 3.99. The van der Waals surface area contributed by atoms with E-state index in [1.807, 2.05) is 24.3 Å². The Hall–Kier alpha value is -2.92. The number of likely N-dealkylation sites (N-methyl/N-ethyl adjacent to an activating group) is 1. The van der Waals surface area contributed by atoms with E-state index in [1.54, 1.807) is 27.8 Å². The zero-order valence-corrected chi connectivity index (χ0v) is 19.7. The zero-order chi connectivity index (χ0) is 24.1. The van der Waals surface area contributed by atoms with E-state index in [1.165, 1.54) is 9.80 Å². The maximum absolute atomic E-state index is 13.8. The van der Waals surface area contributed by atoms with Crippen LogP contribution in [0.4, 0.5) is 5.69 Å². The number of rotatable bonds is 5. The maximum atomic E-state index is 13.8. The van der Waals surface area contributed by atoms with Gasteiger partial charge in [-0.2, -0.15) is 5.26 Å². The number of carbonyl (C=O) groups excluding carboxylic acids is 3. The summed E-state index contributed by atoms with van der Waals surface area (Å²) in [6.07, 6.45) is 1.45. The maximum Gasteiger partial charge on any atom is 0.252 e. The van der Waals surface area contributed by atoms with E-state index in [-0.39, 0.29) is 24.8 Å². The number of para-hydroxylation sites is 1. The van der Waals surface area contributed by atoms with Gasteiger partial charge in [0.05, 0.1) is 11.5 Å². The van der Waals surface area contributed by atoms with E-state index in [9.17, 15) is 24.8 Å². The standard InChI is InChI=1S/C25H32N4O4/c1-24(2,3)20(30)22(32)28(4)19(11-15-9-10-15)21(31)29-14-25(12-16(29)13-26)17-7-5-6-8-18(17)27-23(25)33/h5-8,15-16,19-20,30H,9-12,14H2,1-4H3,(H,27,33)/t16-,19-,20-,25-/m0/s1. The molecule has 176 valence electrons. The highest BCUT2D eigenvalue weighted by Gasteiger charge is 2.57. The van der Waals surface area contributed by atoms with E-state index in [0.717, 1.165) is 18.4 Å². The predicted molar refractivity (Wildman–Crippen MR) is 122 cm³/mol. The molecule has 2 heterocycles. The topological polar surface area (TPSA) is 114 Å². The van der Waals surface area contributed by atoms with Gasteiger partial charge in [-0.1, -0.05) is 51.8 Å². The fourth-order valence-corrected chi connectivity index (χ4v) is 4.99. The largest absolute Gasteiger partial charge is 0.383 e. The number of hydrogen-bond acceptors (Lipinski definition) is 5. The Bertz CT molecular complexity index is 1020. The Labute approximate surface area is 194 Å².